The third kappa shape index (κ3) is 3.24. The van der Waals surface area contributed by atoms with Crippen LogP contribution in [0, 0.1) is 12.8 Å². The van der Waals surface area contributed by atoms with Gasteiger partial charge >= 0.3 is 0 Å². The minimum Gasteiger partial charge on any atom is -0.496 e. The summed E-state index contributed by atoms with van der Waals surface area (Å²) in [7, 11) is 1.69. The normalized spacial score (nSPS) is 18.4. The summed E-state index contributed by atoms with van der Waals surface area (Å²) >= 11 is 0. The van der Waals surface area contributed by atoms with E-state index in [4.69, 9.17) is 4.74 Å². The van der Waals surface area contributed by atoms with Crippen LogP contribution in [-0.2, 0) is 0 Å². The Kier molecular flexibility index (Phi) is 4.25. The van der Waals surface area contributed by atoms with Crippen molar-refractivity contribution < 1.29 is 9.84 Å². The topological polar surface area (TPSA) is 41.5 Å². The van der Waals surface area contributed by atoms with E-state index in [9.17, 15) is 5.11 Å². The van der Waals surface area contributed by atoms with Gasteiger partial charge in [-0.05, 0) is 38.7 Å². The summed E-state index contributed by atoms with van der Waals surface area (Å²) in [6, 6.07) is 6.38. The number of aliphatic hydroxyl groups excluding tert-OH is 1. The first kappa shape index (κ1) is 13.4. The van der Waals surface area contributed by atoms with E-state index in [1.807, 2.05) is 12.1 Å². The highest BCUT2D eigenvalue weighted by Gasteiger charge is 2.29. The predicted octanol–water partition coefficient (Wildman–Crippen LogP) is 2.43. The highest BCUT2D eigenvalue weighted by molar-refractivity contribution is 5.38. The fourth-order valence-electron chi connectivity index (χ4n) is 2.25. The minimum atomic E-state index is -0.205. The molecule has 0 spiro atoms. The average molecular weight is 249 g/mol. The lowest BCUT2D eigenvalue weighted by Crippen LogP contribution is -2.30. The molecule has 1 aliphatic carbocycles. The molecule has 1 saturated carbocycles. The fourth-order valence-corrected chi connectivity index (χ4v) is 2.25. The molecule has 3 nitrogen and oxygen atoms in total. The summed E-state index contributed by atoms with van der Waals surface area (Å²) in [6.07, 6.45) is 2.14. The Labute approximate surface area is 109 Å². The second-order valence-corrected chi connectivity index (χ2v) is 5.28. The largest absolute Gasteiger partial charge is 0.496 e. The number of aliphatic hydroxyl groups is 1. The zero-order valence-corrected chi connectivity index (χ0v) is 11.4. The van der Waals surface area contributed by atoms with Gasteiger partial charge in [0.1, 0.15) is 5.75 Å². The molecule has 0 radical (unpaired) electrons. The lowest BCUT2D eigenvalue weighted by Gasteiger charge is -2.20. The fraction of sp³-hybridized carbons (Fsp3) is 0.600. The second kappa shape index (κ2) is 5.72. The van der Waals surface area contributed by atoms with Gasteiger partial charge in [0.15, 0.2) is 0 Å². The Morgan fingerprint density at radius 3 is 2.78 bits per heavy atom. The van der Waals surface area contributed by atoms with Crippen LogP contribution in [-0.4, -0.2) is 24.9 Å². The maximum Gasteiger partial charge on any atom is 0.123 e. The molecule has 18 heavy (non-hydrogen) atoms. The zero-order valence-electron chi connectivity index (χ0n) is 11.4. The van der Waals surface area contributed by atoms with Gasteiger partial charge in [-0.1, -0.05) is 17.7 Å². The van der Waals surface area contributed by atoms with E-state index in [1.54, 1.807) is 7.11 Å². The molecule has 0 bridgehead atoms. The molecule has 1 aromatic carbocycles. The van der Waals surface area contributed by atoms with Crippen LogP contribution in [0.3, 0.4) is 0 Å². The minimum absolute atomic E-state index is 0.188. The highest BCUT2D eigenvalue weighted by atomic mass is 16.5. The third-order valence-corrected chi connectivity index (χ3v) is 3.65. The van der Waals surface area contributed by atoms with Crippen molar-refractivity contribution in [2.75, 3.05) is 13.7 Å². The van der Waals surface area contributed by atoms with Gasteiger partial charge in [0, 0.05) is 18.2 Å². The number of aryl methyl sites for hydroxylation is 1. The molecule has 0 aromatic heterocycles. The molecule has 1 aliphatic rings. The molecule has 0 saturated heterocycles. The smallest absolute Gasteiger partial charge is 0.123 e. The molecular formula is C15H23NO2. The van der Waals surface area contributed by atoms with Crippen LogP contribution in [0.4, 0.5) is 0 Å². The number of nitrogens with one attached hydrogen (secondary N) is 1. The van der Waals surface area contributed by atoms with Gasteiger partial charge in [-0.2, -0.15) is 0 Å². The van der Waals surface area contributed by atoms with Crippen molar-refractivity contribution in [1.29, 1.82) is 0 Å². The average Bonchev–Trinajstić information content (AvgIpc) is 3.19. The number of benzene rings is 1. The van der Waals surface area contributed by atoms with Crippen molar-refractivity contribution in [1.82, 2.24) is 5.32 Å². The third-order valence-electron chi connectivity index (χ3n) is 3.65. The molecule has 2 N–H and O–H groups in total. The van der Waals surface area contributed by atoms with Gasteiger partial charge in [-0.15, -0.1) is 0 Å². The van der Waals surface area contributed by atoms with Gasteiger partial charge in [0.2, 0.25) is 0 Å². The van der Waals surface area contributed by atoms with E-state index in [0.717, 1.165) is 11.3 Å². The van der Waals surface area contributed by atoms with Crippen LogP contribution >= 0.6 is 0 Å². The van der Waals surface area contributed by atoms with E-state index in [-0.39, 0.29) is 12.1 Å². The van der Waals surface area contributed by atoms with Gasteiger partial charge in [-0.3, -0.25) is 0 Å². The Balaban J connectivity index is 1.98. The van der Waals surface area contributed by atoms with E-state index in [1.165, 1.54) is 18.4 Å². The number of methoxy groups -OCH3 is 1. The van der Waals surface area contributed by atoms with Crippen LogP contribution in [0.5, 0.6) is 5.75 Å². The van der Waals surface area contributed by atoms with Crippen molar-refractivity contribution in [3.8, 4) is 5.75 Å². The summed E-state index contributed by atoms with van der Waals surface area (Å²) in [5, 5.41) is 13.3. The lowest BCUT2D eigenvalue weighted by molar-refractivity contribution is 0.145. The maximum atomic E-state index is 9.87. The first-order valence-electron chi connectivity index (χ1n) is 6.67. The molecule has 2 rings (SSSR count). The monoisotopic (exact) mass is 249 g/mol. The quantitative estimate of drug-likeness (QED) is 0.813. The van der Waals surface area contributed by atoms with E-state index >= 15 is 0 Å². The Bertz CT molecular complexity index is 401. The van der Waals surface area contributed by atoms with Gasteiger partial charge in [-0.25, -0.2) is 0 Å². The molecule has 1 fully saturated rings. The van der Waals surface area contributed by atoms with Crippen LogP contribution in [0.1, 0.15) is 36.9 Å². The van der Waals surface area contributed by atoms with Crippen LogP contribution < -0.4 is 10.1 Å². The number of hydrogen-bond donors (Lipinski definition) is 2. The van der Waals surface area contributed by atoms with Crippen molar-refractivity contribution in [3.05, 3.63) is 29.3 Å². The molecule has 0 aliphatic heterocycles. The SMILES string of the molecule is COc1ccc(C)cc1C(C)NCC(O)C1CC1. The Morgan fingerprint density at radius 2 is 2.17 bits per heavy atom. The van der Waals surface area contributed by atoms with E-state index < -0.39 is 0 Å². The van der Waals surface area contributed by atoms with Crippen molar-refractivity contribution >= 4 is 0 Å². The summed E-state index contributed by atoms with van der Waals surface area (Å²) in [4.78, 5) is 0. The van der Waals surface area contributed by atoms with Crippen LogP contribution in [0.25, 0.3) is 0 Å². The summed E-state index contributed by atoms with van der Waals surface area (Å²) in [5.74, 6) is 1.42. The van der Waals surface area contributed by atoms with Crippen molar-refractivity contribution in [3.63, 3.8) is 0 Å². The number of rotatable bonds is 6. The molecule has 1 aromatic rings. The predicted molar refractivity (Wildman–Crippen MR) is 72.9 cm³/mol. The Morgan fingerprint density at radius 1 is 1.44 bits per heavy atom. The summed E-state index contributed by atoms with van der Waals surface area (Å²) in [5.41, 5.74) is 2.38. The maximum absolute atomic E-state index is 9.87. The van der Waals surface area contributed by atoms with Gasteiger partial charge < -0.3 is 15.2 Å². The molecule has 100 valence electrons. The van der Waals surface area contributed by atoms with E-state index in [2.05, 4.69) is 25.2 Å². The number of hydrogen-bond acceptors (Lipinski definition) is 3. The van der Waals surface area contributed by atoms with Crippen molar-refractivity contribution in [2.24, 2.45) is 5.92 Å². The molecule has 2 unspecified atom stereocenters. The lowest BCUT2D eigenvalue weighted by atomic mass is 10.0. The van der Waals surface area contributed by atoms with Gasteiger partial charge in [0.25, 0.3) is 0 Å². The summed E-state index contributed by atoms with van der Waals surface area (Å²) in [6.45, 7) is 4.84. The molecule has 3 heteroatoms. The standard InChI is InChI=1S/C15H23NO2/c1-10-4-7-15(18-3)13(8-10)11(2)16-9-14(17)12-5-6-12/h4,7-8,11-12,14,16-17H,5-6,9H2,1-3H3. The Hall–Kier alpha value is -1.06. The first-order valence-corrected chi connectivity index (χ1v) is 6.67. The molecule has 0 amide bonds. The molecule has 0 heterocycles. The van der Waals surface area contributed by atoms with Crippen molar-refractivity contribution in [2.45, 2.75) is 38.8 Å². The molecular weight excluding hydrogens is 226 g/mol. The summed E-state index contributed by atoms with van der Waals surface area (Å²) < 4.78 is 5.39. The zero-order chi connectivity index (χ0) is 13.1. The number of ether oxygens (including phenoxy) is 1. The van der Waals surface area contributed by atoms with Crippen LogP contribution in [0.2, 0.25) is 0 Å². The van der Waals surface area contributed by atoms with Crippen LogP contribution in [0.15, 0.2) is 18.2 Å². The highest BCUT2D eigenvalue weighted by Crippen LogP contribution is 2.32. The first-order chi connectivity index (χ1) is 8.61. The van der Waals surface area contributed by atoms with Gasteiger partial charge in [0.05, 0.1) is 13.2 Å². The second-order valence-electron chi connectivity index (χ2n) is 5.28. The molecule has 2 atom stereocenters. The van der Waals surface area contributed by atoms with E-state index in [0.29, 0.717) is 12.5 Å².